The van der Waals surface area contributed by atoms with Crippen LogP contribution in [-0.2, 0) is 12.3 Å². The molecule has 0 saturated heterocycles. The standard InChI is InChI=1S/C23H24N4O2S/c1-28-19-9-10-20-21(13-19)26-23(25-20)30-15-17-12-16(8-11-22(17)29-2)14-24-27-18-6-4-3-5-7-18/h3-13,24,27H,14-15H2,1-2H3,(H,25,26). The number of hydrazine groups is 1. The molecule has 0 radical (unpaired) electrons. The van der Waals surface area contributed by atoms with E-state index in [9.17, 15) is 0 Å². The van der Waals surface area contributed by atoms with E-state index in [0.717, 1.165) is 44.7 Å². The van der Waals surface area contributed by atoms with Crippen LogP contribution in [0.4, 0.5) is 5.69 Å². The Morgan fingerprint density at radius 1 is 0.967 bits per heavy atom. The van der Waals surface area contributed by atoms with Crippen LogP contribution in [0.1, 0.15) is 11.1 Å². The summed E-state index contributed by atoms with van der Waals surface area (Å²) in [4.78, 5) is 8.01. The number of ether oxygens (including phenoxy) is 2. The maximum atomic E-state index is 5.56. The molecule has 0 saturated carbocycles. The lowest BCUT2D eigenvalue weighted by molar-refractivity contribution is 0.411. The highest BCUT2D eigenvalue weighted by Crippen LogP contribution is 2.29. The first-order valence-electron chi connectivity index (χ1n) is 9.61. The van der Waals surface area contributed by atoms with Gasteiger partial charge in [0.15, 0.2) is 5.16 Å². The second-order valence-corrected chi connectivity index (χ2v) is 7.67. The van der Waals surface area contributed by atoms with Crippen molar-refractivity contribution in [2.24, 2.45) is 0 Å². The van der Waals surface area contributed by atoms with E-state index in [0.29, 0.717) is 6.54 Å². The Kier molecular flexibility index (Phi) is 6.41. The van der Waals surface area contributed by atoms with Crippen molar-refractivity contribution in [1.82, 2.24) is 15.4 Å². The fourth-order valence-electron chi connectivity index (χ4n) is 3.13. The molecule has 4 aromatic rings. The maximum Gasteiger partial charge on any atom is 0.166 e. The van der Waals surface area contributed by atoms with E-state index in [1.807, 2.05) is 54.6 Å². The average molecular weight is 421 g/mol. The Labute approximate surface area is 180 Å². The topological polar surface area (TPSA) is 71.2 Å². The highest BCUT2D eigenvalue weighted by Gasteiger charge is 2.09. The van der Waals surface area contributed by atoms with Crippen LogP contribution in [-0.4, -0.2) is 24.2 Å². The lowest BCUT2D eigenvalue weighted by Gasteiger charge is -2.12. The number of nitrogens with zero attached hydrogens (tertiary/aromatic N) is 1. The van der Waals surface area contributed by atoms with Crippen LogP contribution in [0.3, 0.4) is 0 Å². The Morgan fingerprint density at radius 3 is 2.63 bits per heavy atom. The van der Waals surface area contributed by atoms with Gasteiger partial charge < -0.3 is 19.9 Å². The quantitative estimate of drug-likeness (QED) is 0.262. The molecule has 3 aromatic carbocycles. The zero-order valence-corrected chi connectivity index (χ0v) is 17.8. The molecule has 1 heterocycles. The van der Waals surface area contributed by atoms with Crippen molar-refractivity contribution in [2.75, 3.05) is 19.6 Å². The van der Waals surface area contributed by atoms with E-state index in [1.54, 1.807) is 26.0 Å². The van der Waals surface area contributed by atoms with Crippen LogP contribution in [0.2, 0.25) is 0 Å². The molecule has 154 valence electrons. The van der Waals surface area contributed by atoms with Crippen molar-refractivity contribution in [3.8, 4) is 11.5 Å². The lowest BCUT2D eigenvalue weighted by atomic mass is 10.1. The van der Waals surface area contributed by atoms with Gasteiger partial charge >= 0.3 is 0 Å². The average Bonchev–Trinajstić information content (AvgIpc) is 3.20. The molecular weight excluding hydrogens is 396 g/mol. The fraction of sp³-hybridized carbons (Fsp3) is 0.174. The van der Waals surface area contributed by atoms with E-state index in [-0.39, 0.29) is 0 Å². The third-order valence-electron chi connectivity index (χ3n) is 4.68. The molecule has 0 aliphatic heterocycles. The van der Waals surface area contributed by atoms with Crippen molar-refractivity contribution in [3.63, 3.8) is 0 Å². The number of hydrogen-bond acceptors (Lipinski definition) is 6. The number of rotatable bonds is 9. The summed E-state index contributed by atoms with van der Waals surface area (Å²) in [7, 11) is 3.36. The van der Waals surface area contributed by atoms with E-state index in [1.165, 1.54) is 5.56 Å². The fourth-order valence-corrected chi connectivity index (χ4v) is 3.99. The molecular formula is C23H24N4O2S. The zero-order valence-electron chi connectivity index (χ0n) is 16.9. The Hall–Kier alpha value is -3.16. The normalized spacial score (nSPS) is 10.9. The summed E-state index contributed by atoms with van der Waals surface area (Å²) in [5.41, 5.74) is 11.7. The summed E-state index contributed by atoms with van der Waals surface area (Å²) in [5, 5.41) is 0.870. The van der Waals surface area contributed by atoms with Crippen molar-refractivity contribution in [3.05, 3.63) is 77.9 Å². The number of nitrogens with one attached hydrogen (secondary N) is 3. The van der Waals surface area contributed by atoms with Crippen molar-refractivity contribution in [2.45, 2.75) is 17.5 Å². The summed E-state index contributed by atoms with van der Waals surface area (Å²) >= 11 is 1.65. The molecule has 0 atom stereocenters. The lowest BCUT2D eigenvalue weighted by Crippen LogP contribution is -2.20. The van der Waals surface area contributed by atoms with Gasteiger partial charge in [-0.2, -0.15) is 0 Å². The molecule has 0 amide bonds. The van der Waals surface area contributed by atoms with Gasteiger partial charge in [0, 0.05) is 29.6 Å². The van der Waals surface area contributed by atoms with Crippen LogP contribution in [0.15, 0.2) is 71.9 Å². The Morgan fingerprint density at radius 2 is 1.83 bits per heavy atom. The van der Waals surface area contributed by atoms with Crippen LogP contribution < -0.4 is 20.3 Å². The number of para-hydroxylation sites is 1. The second-order valence-electron chi connectivity index (χ2n) is 6.70. The molecule has 0 bridgehead atoms. The monoisotopic (exact) mass is 420 g/mol. The first kappa shape index (κ1) is 20.1. The molecule has 0 aliphatic rings. The first-order valence-corrected chi connectivity index (χ1v) is 10.6. The number of thioether (sulfide) groups is 1. The van der Waals surface area contributed by atoms with Gasteiger partial charge in [-0.25, -0.2) is 10.4 Å². The summed E-state index contributed by atoms with van der Waals surface area (Å²) in [6, 6.07) is 22.1. The van der Waals surface area contributed by atoms with Gasteiger partial charge in [0.05, 0.1) is 25.3 Å². The number of fused-ring (bicyclic) bond motifs is 1. The van der Waals surface area contributed by atoms with E-state index in [2.05, 4.69) is 33.0 Å². The minimum absolute atomic E-state index is 0.695. The number of methoxy groups -OCH3 is 2. The van der Waals surface area contributed by atoms with Crippen LogP contribution in [0.5, 0.6) is 11.5 Å². The Balaban J connectivity index is 1.41. The van der Waals surface area contributed by atoms with Gasteiger partial charge in [-0.15, -0.1) is 0 Å². The van der Waals surface area contributed by atoms with Crippen LogP contribution >= 0.6 is 11.8 Å². The summed E-state index contributed by atoms with van der Waals surface area (Å²) in [6.07, 6.45) is 0. The van der Waals surface area contributed by atoms with Crippen molar-refractivity contribution < 1.29 is 9.47 Å². The number of benzene rings is 3. The van der Waals surface area contributed by atoms with Gasteiger partial charge in [-0.3, -0.25) is 0 Å². The van der Waals surface area contributed by atoms with E-state index < -0.39 is 0 Å². The predicted octanol–water partition coefficient (Wildman–Crippen LogP) is 4.99. The van der Waals surface area contributed by atoms with E-state index >= 15 is 0 Å². The predicted molar refractivity (Wildman–Crippen MR) is 122 cm³/mol. The van der Waals surface area contributed by atoms with Gasteiger partial charge in [-0.1, -0.05) is 36.0 Å². The minimum atomic E-state index is 0.695. The minimum Gasteiger partial charge on any atom is -0.497 e. The second kappa shape index (κ2) is 9.56. The number of anilines is 1. The molecule has 0 aliphatic carbocycles. The van der Waals surface area contributed by atoms with Crippen molar-refractivity contribution in [1.29, 1.82) is 0 Å². The number of H-pyrrole nitrogens is 1. The van der Waals surface area contributed by atoms with Gasteiger partial charge in [0.2, 0.25) is 0 Å². The van der Waals surface area contributed by atoms with E-state index in [4.69, 9.17) is 9.47 Å². The van der Waals surface area contributed by atoms with Gasteiger partial charge in [-0.05, 0) is 42.0 Å². The van der Waals surface area contributed by atoms with Crippen LogP contribution in [0, 0.1) is 0 Å². The third-order valence-corrected chi connectivity index (χ3v) is 5.60. The largest absolute Gasteiger partial charge is 0.497 e. The first-order chi connectivity index (χ1) is 14.7. The number of imidazole rings is 1. The molecule has 0 fully saturated rings. The summed E-state index contributed by atoms with van der Waals surface area (Å²) < 4.78 is 10.8. The van der Waals surface area contributed by atoms with Gasteiger partial charge in [0.1, 0.15) is 11.5 Å². The molecule has 1 aromatic heterocycles. The summed E-state index contributed by atoms with van der Waals surface area (Å²) in [6.45, 7) is 0.695. The summed E-state index contributed by atoms with van der Waals surface area (Å²) in [5.74, 6) is 2.44. The third kappa shape index (κ3) is 4.87. The highest BCUT2D eigenvalue weighted by molar-refractivity contribution is 7.98. The number of hydrogen-bond donors (Lipinski definition) is 3. The SMILES string of the molecule is COc1ccc2nc(SCc3cc(CNNc4ccccc4)ccc3OC)[nH]c2c1. The number of aromatic amines is 1. The highest BCUT2D eigenvalue weighted by atomic mass is 32.2. The smallest absolute Gasteiger partial charge is 0.166 e. The molecule has 4 rings (SSSR count). The molecule has 30 heavy (non-hydrogen) atoms. The molecule has 6 nitrogen and oxygen atoms in total. The molecule has 0 unspecified atom stereocenters. The van der Waals surface area contributed by atoms with Gasteiger partial charge in [0.25, 0.3) is 0 Å². The number of aromatic nitrogens is 2. The van der Waals surface area contributed by atoms with Crippen LogP contribution in [0.25, 0.3) is 11.0 Å². The molecule has 0 spiro atoms. The van der Waals surface area contributed by atoms with Crippen molar-refractivity contribution >= 4 is 28.5 Å². The zero-order chi connectivity index (χ0) is 20.8. The maximum absolute atomic E-state index is 5.56. The molecule has 7 heteroatoms. The Bertz CT molecular complexity index is 1110. The molecule has 3 N–H and O–H groups in total.